The monoisotopic (exact) mass is 311 g/mol. The highest BCUT2D eigenvalue weighted by molar-refractivity contribution is 7.91. The third-order valence-corrected chi connectivity index (χ3v) is 5.08. The topological polar surface area (TPSA) is 61.8 Å². The lowest BCUT2D eigenvalue weighted by Crippen LogP contribution is -2.40. The van der Waals surface area contributed by atoms with Crippen LogP contribution in [0.1, 0.15) is 18.1 Å². The Balaban J connectivity index is 2.59. The molecule has 1 aromatic carbocycles. The SMILES string of the molecule is CCS(=O)(=O)CCNC(=NC)N(C)Cc1ccccc1C. The number of aryl methyl sites for hydroxylation is 1. The van der Waals surface area contributed by atoms with Gasteiger partial charge in [0.1, 0.15) is 0 Å². The van der Waals surface area contributed by atoms with Crippen LogP contribution in [-0.4, -0.2) is 51.4 Å². The predicted molar refractivity (Wildman–Crippen MR) is 88.3 cm³/mol. The van der Waals surface area contributed by atoms with E-state index in [0.717, 1.165) is 6.54 Å². The molecule has 0 aliphatic carbocycles. The molecule has 0 fully saturated rings. The molecule has 0 unspecified atom stereocenters. The van der Waals surface area contributed by atoms with Gasteiger partial charge in [-0.25, -0.2) is 8.42 Å². The van der Waals surface area contributed by atoms with Crippen LogP contribution >= 0.6 is 0 Å². The molecule has 1 rings (SSSR count). The summed E-state index contributed by atoms with van der Waals surface area (Å²) in [5.74, 6) is 0.997. The number of benzene rings is 1. The van der Waals surface area contributed by atoms with E-state index in [4.69, 9.17) is 0 Å². The van der Waals surface area contributed by atoms with E-state index >= 15 is 0 Å². The van der Waals surface area contributed by atoms with Crippen LogP contribution in [0.15, 0.2) is 29.3 Å². The van der Waals surface area contributed by atoms with Crippen molar-refractivity contribution >= 4 is 15.8 Å². The summed E-state index contributed by atoms with van der Waals surface area (Å²) in [6.45, 7) is 4.84. The fraction of sp³-hybridized carbons (Fsp3) is 0.533. The molecule has 118 valence electrons. The van der Waals surface area contributed by atoms with Gasteiger partial charge in [-0.3, -0.25) is 4.99 Å². The molecule has 1 N–H and O–H groups in total. The molecule has 0 saturated carbocycles. The maximum Gasteiger partial charge on any atom is 0.193 e. The van der Waals surface area contributed by atoms with Gasteiger partial charge in [-0.15, -0.1) is 0 Å². The number of nitrogens with one attached hydrogen (secondary N) is 1. The number of rotatable bonds is 6. The van der Waals surface area contributed by atoms with Gasteiger partial charge >= 0.3 is 0 Å². The summed E-state index contributed by atoms with van der Waals surface area (Å²) in [6, 6.07) is 8.19. The van der Waals surface area contributed by atoms with Gasteiger partial charge in [0.15, 0.2) is 15.8 Å². The first kappa shape index (κ1) is 17.5. The Bertz CT molecular complexity index is 582. The zero-order valence-corrected chi connectivity index (χ0v) is 14.1. The average molecular weight is 311 g/mol. The smallest absolute Gasteiger partial charge is 0.193 e. The molecule has 0 heterocycles. The molecule has 0 amide bonds. The molecule has 0 bridgehead atoms. The van der Waals surface area contributed by atoms with E-state index in [0.29, 0.717) is 12.5 Å². The molecule has 0 saturated heterocycles. The van der Waals surface area contributed by atoms with Crippen molar-refractivity contribution in [2.75, 3.05) is 32.1 Å². The van der Waals surface area contributed by atoms with Crippen LogP contribution in [0.2, 0.25) is 0 Å². The van der Waals surface area contributed by atoms with Gasteiger partial charge in [-0.1, -0.05) is 31.2 Å². The summed E-state index contributed by atoms with van der Waals surface area (Å²) in [7, 11) is 0.689. The molecule has 5 nitrogen and oxygen atoms in total. The molecule has 0 spiro atoms. The van der Waals surface area contributed by atoms with E-state index in [1.54, 1.807) is 14.0 Å². The summed E-state index contributed by atoms with van der Waals surface area (Å²) in [5, 5.41) is 3.10. The van der Waals surface area contributed by atoms with Gasteiger partial charge in [0, 0.05) is 32.9 Å². The molecular weight excluding hydrogens is 286 g/mol. The first-order valence-electron chi connectivity index (χ1n) is 7.06. The largest absolute Gasteiger partial charge is 0.355 e. The number of hydrogen-bond donors (Lipinski definition) is 1. The van der Waals surface area contributed by atoms with E-state index in [1.807, 2.05) is 24.1 Å². The van der Waals surface area contributed by atoms with Crippen LogP contribution in [0.3, 0.4) is 0 Å². The molecule has 0 aliphatic heterocycles. The zero-order chi connectivity index (χ0) is 15.9. The second kappa shape index (κ2) is 8.02. The van der Waals surface area contributed by atoms with Crippen LogP contribution in [0.25, 0.3) is 0 Å². The van der Waals surface area contributed by atoms with Gasteiger partial charge in [-0.05, 0) is 18.1 Å². The van der Waals surface area contributed by atoms with Crippen LogP contribution in [0, 0.1) is 6.92 Å². The van der Waals surface area contributed by atoms with Gasteiger partial charge in [0.2, 0.25) is 0 Å². The quantitative estimate of drug-likeness (QED) is 0.638. The first-order valence-corrected chi connectivity index (χ1v) is 8.88. The number of guanidine groups is 1. The zero-order valence-electron chi connectivity index (χ0n) is 13.3. The van der Waals surface area contributed by atoms with Crippen LogP contribution in [-0.2, 0) is 16.4 Å². The summed E-state index contributed by atoms with van der Waals surface area (Å²) in [5.41, 5.74) is 2.46. The lowest BCUT2D eigenvalue weighted by Gasteiger charge is -2.23. The normalized spacial score (nSPS) is 12.3. The summed E-state index contributed by atoms with van der Waals surface area (Å²) >= 11 is 0. The maximum atomic E-state index is 11.5. The fourth-order valence-electron chi connectivity index (χ4n) is 1.97. The van der Waals surface area contributed by atoms with Crippen molar-refractivity contribution in [3.63, 3.8) is 0 Å². The summed E-state index contributed by atoms with van der Waals surface area (Å²) in [6.07, 6.45) is 0. The Labute approximate surface area is 128 Å². The fourth-order valence-corrected chi connectivity index (χ4v) is 2.67. The lowest BCUT2D eigenvalue weighted by atomic mass is 10.1. The number of hydrogen-bond acceptors (Lipinski definition) is 3. The van der Waals surface area contributed by atoms with Crippen molar-refractivity contribution in [1.82, 2.24) is 10.2 Å². The number of aliphatic imine (C=N–C) groups is 1. The number of sulfone groups is 1. The third kappa shape index (κ3) is 5.75. The van der Waals surface area contributed by atoms with Crippen molar-refractivity contribution in [2.45, 2.75) is 20.4 Å². The van der Waals surface area contributed by atoms with Gasteiger partial charge in [0.05, 0.1) is 5.75 Å². The molecular formula is C15H25N3O2S. The molecule has 0 atom stereocenters. The van der Waals surface area contributed by atoms with Crippen molar-refractivity contribution in [1.29, 1.82) is 0 Å². The van der Waals surface area contributed by atoms with E-state index in [-0.39, 0.29) is 11.5 Å². The maximum absolute atomic E-state index is 11.5. The van der Waals surface area contributed by atoms with Crippen molar-refractivity contribution in [2.24, 2.45) is 4.99 Å². The second-order valence-corrected chi connectivity index (χ2v) is 7.47. The Hall–Kier alpha value is -1.56. The van der Waals surface area contributed by atoms with Crippen molar-refractivity contribution in [3.05, 3.63) is 35.4 Å². The first-order chi connectivity index (χ1) is 9.89. The molecule has 1 aromatic rings. The van der Waals surface area contributed by atoms with E-state index < -0.39 is 9.84 Å². The molecule has 0 radical (unpaired) electrons. The van der Waals surface area contributed by atoms with Gasteiger partial charge < -0.3 is 10.2 Å². The predicted octanol–water partition coefficient (Wildman–Crippen LogP) is 1.44. The van der Waals surface area contributed by atoms with Gasteiger partial charge in [0.25, 0.3) is 0 Å². The molecule has 6 heteroatoms. The van der Waals surface area contributed by atoms with E-state index in [1.165, 1.54) is 11.1 Å². The molecule has 21 heavy (non-hydrogen) atoms. The van der Waals surface area contributed by atoms with E-state index in [9.17, 15) is 8.42 Å². The average Bonchev–Trinajstić information content (AvgIpc) is 2.46. The standard InChI is InChI=1S/C15H25N3O2S/c1-5-21(19,20)11-10-17-15(16-3)18(4)12-14-9-7-6-8-13(14)2/h6-9H,5,10-12H2,1-4H3,(H,16,17). The highest BCUT2D eigenvalue weighted by Gasteiger charge is 2.10. The second-order valence-electron chi connectivity index (χ2n) is 4.99. The molecule has 0 aliphatic rings. The summed E-state index contributed by atoms with van der Waals surface area (Å²) < 4.78 is 23.0. The van der Waals surface area contributed by atoms with Crippen LogP contribution < -0.4 is 5.32 Å². The van der Waals surface area contributed by atoms with Gasteiger partial charge in [-0.2, -0.15) is 0 Å². The Morgan fingerprint density at radius 2 is 2.00 bits per heavy atom. The molecule has 0 aromatic heterocycles. The van der Waals surface area contributed by atoms with E-state index in [2.05, 4.69) is 29.4 Å². The highest BCUT2D eigenvalue weighted by Crippen LogP contribution is 2.09. The minimum atomic E-state index is -2.95. The minimum absolute atomic E-state index is 0.126. The summed E-state index contributed by atoms with van der Waals surface area (Å²) in [4.78, 5) is 6.18. The van der Waals surface area contributed by atoms with Crippen molar-refractivity contribution < 1.29 is 8.42 Å². The minimum Gasteiger partial charge on any atom is -0.355 e. The lowest BCUT2D eigenvalue weighted by molar-refractivity contribution is 0.477. The number of nitrogens with zero attached hydrogens (tertiary/aromatic N) is 2. The Morgan fingerprint density at radius 1 is 1.33 bits per heavy atom. The Morgan fingerprint density at radius 3 is 2.57 bits per heavy atom. The third-order valence-electron chi connectivity index (χ3n) is 3.38. The van der Waals surface area contributed by atoms with Crippen LogP contribution in [0.4, 0.5) is 0 Å². The van der Waals surface area contributed by atoms with Crippen LogP contribution in [0.5, 0.6) is 0 Å². The highest BCUT2D eigenvalue weighted by atomic mass is 32.2. The Kier molecular flexibility index (Phi) is 6.68. The van der Waals surface area contributed by atoms with Crippen molar-refractivity contribution in [3.8, 4) is 0 Å².